The summed E-state index contributed by atoms with van der Waals surface area (Å²) >= 11 is 0. The Kier molecular flexibility index (Phi) is 9.67. The number of amides is 2. The van der Waals surface area contributed by atoms with E-state index in [1.807, 2.05) is 12.1 Å². The summed E-state index contributed by atoms with van der Waals surface area (Å²) in [6.45, 7) is 1.65. The van der Waals surface area contributed by atoms with Crippen molar-refractivity contribution in [1.29, 1.82) is 0 Å². The molecule has 194 valence electrons. The highest BCUT2D eigenvalue weighted by Gasteiger charge is 2.23. The van der Waals surface area contributed by atoms with Gasteiger partial charge in [-0.05, 0) is 56.2 Å². The first kappa shape index (κ1) is 26.1. The fraction of sp³-hybridized carbons (Fsp3) is 0.571. The number of nitrogens with zero attached hydrogens (tertiary/aromatic N) is 2. The zero-order valence-corrected chi connectivity index (χ0v) is 21.0. The monoisotopic (exact) mass is 494 g/mol. The summed E-state index contributed by atoms with van der Waals surface area (Å²) in [6, 6.07) is 3.96. The maximum atomic E-state index is 13.3. The Balaban J connectivity index is 1.47. The van der Waals surface area contributed by atoms with E-state index in [-0.39, 0.29) is 29.2 Å². The molecule has 2 fully saturated rings. The van der Waals surface area contributed by atoms with Crippen molar-refractivity contribution in [3.8, 4) is 0 Å². The first-order valence-electron chi connectivity index (χ1n) is 13.4. The van der Waals surface area contributed by atoms with Gasteiger partial charge in [-0.2, -0.15) is 0 Å². The second kappa shape index (κ2) is 13.3. The topological polar surface area (TPSA) is 102 Å². The molecule has 8 nitrogen and oxygen atoms in total. The molecule has 4 rings (SSSR count). The number of carbonyl (C=O) groups excluding carboxylic acids is 2. The minimum Gasteiger partial charge on any atom is -0.376 e. The van der Waals surface area contributed by atoms with Gasteiger partial charge in [0, 0.05) is 50.5 Å². The molecule has 0 radical (unpaired) electrons. The fourth-order valence-electron chi connectivity index (χ4n) is 5.09. The van der Waals surface area contributed by atoms with Gasteiger partial charge >= 0.3 is 0 Å². The van der Waals surface area contributed by atoms with E-state index >= 15 is 0 Å². The highest BCUT2D eigenvalue weighted by atomic mass is 16.5. The van der Waals surface area contributed by atoms with Crippen molar-refractivity contribution in [2.45, 2.75) is 89.3 Å². The molecule has 0 spiro atoms. The maximum Gasteiger partial charge on any atom is 0.256 e. The van der Waals surface area contributed by atoms with Crippen molar-refractivity contribution in [1.82, 2.24) is 20.2 Å². The van der Waals surface area contributed by atoms with Crippen LogP contribution < -0.4 is 16.1 Å². The molecule has 0 aromatic carbocycles. The number of aryl methyl sites for hydroxylation is 1. The molecule has 2 aliphatic rings. The number of aromatic nitrogens is 2. The van der Waals surface area contributed by atoms with Crippen LogP contribution >= 0.6 is 0 Å². The minimum atomic E-state index is -0.520. The molecule has 2 aromatic heterocycles. The Morgan fingerprint density at radius 1 is 0.944 bits per heavy atom. The Morgan fingerprint density at radius 2 is 1.64 bits per heavy atom. The number of carbonyl (C=O) groups is 2. The molecule has 2 amide bonds. The van der Waals surface area contributed by atoms with Gasteiger partial charge in [0.05, 0.1) is 6.10 Å². The van der Waals surface area contributed by atoms with Crippen molar-refractivity contribution < 1.29 is 14.3 Å². The Morgan fingerprint density at radius 3 is 2.33 bits per heavy atom. The van der Waals surface area contributed by atoms with Gasteiger partial charge in [-0.1, -0.05) is 32.1 Å². The van der Waals surface area contributed by atoms with Gasteiger partial charge in [-0.15, -0.1) is 0 Å². The zero-order chi connectivity index (χ0) is 25.2. The Labute approximate surface area is 212 Å². The predicted octanol–water partition coefficient (Wildman–Crippen LogP) is 3.63. The summed E-state index contributed by atoms with van der Waals surface area (Å²) in [5.74, 6) is -0.838. The van der Waals surface area contributed by atoms with E-state index in [1.54, 1.807) is 29.4 Å². The fourth-order valence-corrected chi connectivity index (χ4v) is 5.09. The molecule has 36 heavy (non-hydrogen) atoms. The third-order valence-corrected chi connectivity index (χ3v) is 7.12. The molecule has 1 atom stereocenters. The molecule has 8 heteroatoms. The Bertz CT molecular complexity index is 1050. The van der Waals surface area contributed by atoms with Crippen molar-refractivity contribution in [2.24, 2.45) is 0 Å². The van der Waals surface area contributed by atoms with E-state index in [9.17, 15) is 14.4 Å². The van der Waals surface area contributed by atoms with Crippen LogP contribution in [0.4, 0.5) is 0 Å². The van der Waals surface area contributed by atoms with Gasteiger partial charge in [0.1, 0.15) is 11.1 Å². The number of ether oxygens (including phenoxy) is 1. The molecule has 0 bridgehead atoms. The van der Waals surface area contributed by atoms with Gasteiger partial charge in [0.2, 0.25) is 5.43 Å². The van der Waals surface area contributed by atoms with Crippen molar-refractivity contribution >= 4 is 11.8 Å². The van der Waals surface area contributed by atoms with Crippen LogP contribution in [-0.4, -0.2) is 46.7 Å². The lowest BCUT2D eigenvalue weighted by atomic mass is 9.96. The molecule has 3 heterocycles. The summed E-state index contributed by atoms with van der Waals surface area (Å²) in [5.41, 5.74) is 0.654. The summed E-state index contributed by atoms with van der Waals surface area (Å²) < 4.78 is 7.53. The van der Waals surface area contributed by atoms with Gasteiger partial charge in [-0.3, -0.25) is 19.4 Å². The van der Waals surface area contributed by atoms with E-state index in [0.717, 1.165) is 56.9 Å². The predicted molar refractivity (Wildman–Crippen MR) is 138 cm³/mol. The van der Waals surface area contributed by atoms with E-state index in [2.05, 4.69) is 15.6 Å². The third-order valence-electron chi connectivity index (χ3n) is 7.12. The van der Waals surface area contributed by atoms with Crippen LogP contribution in [0, 0.1) is 0 Å². The highest BCUT2D eigenvalue weighted by molar-refractivity contribution is 5.99. The number of nitrogens with one attached hydrogen (secondary N) is 2. The normalized spacial score (nSPS) is 18.8. The quantitative estimate of drug-likeness (QED) is 0.519. The lowest BCUT2D eigenvalue weighted by Gasteiger charge is -2.21. The number of pyridine rings is 2. The molecule has 1 saturated carbocycles. The standard InChI is InChI=1S/C28H38N4O4/c33-26-24(27(34)30-14-6-8-21-12-15-29-16-13-21)19-32(18-23-11-7-17-36-23)20-25(26)28(35)31-22-9-4-2-1-3-5-10-22/h12-13,15-16,19-20,22-23H,1-11,14,17-18H2,(H,30,34)(H,31,35)/t23-/m0/s1. The highest BCUT2D eigenvalue weighted by Crippen LogP contribution is 2.18. The maximum absolute atomic E-state index is 13.3. The van der Waals surface area contributed by atoms with E-state index in [1.165, 1.54) is 19.3 Å². The van der Waals surface area contributed by atoms with Gasteiger partial charge in [0.15, 0.2) is 0 Å². The van der Waals surface area contributed by atoms with Crippen LogP contribution in [0.25, 0.3) is 0 Å². The van der Waals surface area contributed by atoms with E-state index < -0.39 is 11.3 Å². The average Bonchev–Trinajstić information content (AvgIpc) is 3.38. The summed E-state index contributed by atoms with van der Waals surface area (Å²) in [6.07, 6.45) is 17.7. The van der Waals surface area contributed by atoms with Crippen LogP contribution in [0.1, 0.15) is 90.5 Å². The van der Waals surface area contributed by atoms with Gasteiger partial charge < -0.3 is 19.9 Å². The SMILES string of the molecule is O=C(NCCCc1ccncc1)c1cn(C[C@@H]2CCCO2)cc(C(=O)NC2CCCCCCC2)c1=O. The van der Waals surface area contributed by atoms with Crippen LogP contribution in [-0.2, 0) is 17.7 Å². The molecule has 0 unspecified atom stereocenters. The average molecular weight is 495 g/mol. The van der Waals surface area contributed by atoms with Crippen molar-refractivity contribution in [3.63, 3.8) is 0 Å². The summed E-state index contributed by atoms with van der Waals surface area (Å²) in [5, 5.41) is 5.94. The number of hydrogen-bond acceptors (Lipinski definition) is 5. The van der Waals surface area contributed by atoms with E-state index in [4.69, 9.17) is 4.74 Å². The van der Waals surface area contributed by atoms with Crippen molar-refractivity contribution in [3.05, 3.63) is 63.8 Å². The van der Waals surface area contributed by atoms with Crippen LogP contribution in [0.5, 0.6) is 0 Å². The molecule has 2 N–H and O–H groups in total. The molecular weight excluding hydrogens is 456 g/mol. The third kappa shape index (κ3) is 7.50. The van der Waals surface area contributed by atoms with Crippen LogP contribution in [0.15, 0.2) is 41.7 Å². The lowest BCUT2D eigenvalue weighted by molar-refractivity contribution is 0.0914. The molecular formula is C28H38N4O4. The summed E-state index contributed by atoms with van der Waals surface area (Å²) in [4.78, 5) is 43.5. The molecule has 2 aromatic rings. The summed E-state index contributed by atoms with van der Waals surface area (Å²) in [7, 11) is 0. The molecule has 1 aliphatic carbocycles. The minimum absolute atomic E-state index is 0.00206. The van der Waals surface area contributed by atoms with Gasteiger partial charge in [-0.25, -0.2) is 0 Å². The Hall–Kier alpha value is -3.00. The second-order valence-corrected chi connectivity index (χ2v) is 9.98. The van der Waals surface area contributed by atoms with Crippen LogP contribution in [0.2, 0.25) is 0 Å². The van der Waals surface area contributed by atoms with E-state index in [0.29, 0.717) is 19.7 Å². The largest absolute Gasteiger partial charge is 0.376 e. The molecule has 1 aliphatic heterocycles. The second-order valence-electron chi connectivity index (χ2n) is 9.98. The lowest BCUT2D eigenvalue weighted by Crippen LogP contribution is -2.40. The van der Waals surface area contributed by atoms with Gasteiger partial charge in [0.25, 0.3) is 11.8 Å². The first-order chi connectivity index (χ1) is 17.6. The van der Waals surface area contributed by atoms with Crippen molar-refractivity contribution in [2.75, 3.05) is 13.2 Å². The van der Waals surface area contributed by atoms with Crippen LogP contribution in [0.3, 0.4) is 0 Å². The first-order valence-corrected chi connectivity index (χ1v) is 13.4. The molecule has 1 saturated heterocycles. The number of hydrogen-bond donors (Lipinski definition) is 2. The smallest absolute Gasteiger partial charge is 0.256 e. The number of rotatable bonds is 9. The zero-order valence-electron chi connectivity index (χ0n) is 21.0.